The van der Waals surface area contributed by atoms with Crippen LogP contribution in [-0.2, 0) is 23.8 Å². The molecule has 2 aliphatic carbocycles. The zero-order valence-electron chi connectivity index (χ0n) is 36.3. The van der Waals surface area contributed by atoms with Gasteiger partial charge in [0.15, 0.2) is 0 Å². The van der Waals surface area contributed by atoms with Crippen molar-refractivity contribution in [3.8, 4) is 22.3 Å². The number of halogens is 2. The van der Waals surface area contributed by atoms with Crippen LogP contribution < -0.4 is 10.6 Å². The van der Waals surface area contributed by atoms with Gasteiger partial charge >= 0.3 is 0 Å². The van der Waals surface area contributed by atoms with Crippen molar-refractivity contribution in [3.63, 3.8) is 0 Å². The van der Waals surface area contributed by atoms with Gasteiger partial charge in [0, 0.05) is 14.2 Å². The molecule has 4 aromatic rings. The zero-order valence-corrected chi connectivity index (χ0v) is 37.9. The van der Waals surface area contributed by atoms with E-state index in [9.17, 15) is 23.5 Å². The van der Waals surface area contributed by atoms with Crippen LogP contribution in [-0.4, -0.2) is 65.1 Å². The third-order valence-electron chi connectivity index (χ3n) is 13.3. The number of thioether (sulfide) groups is 1. The van der Waals surface area contributed by atoms with E-state index in [4.69, 9.17) is 26.4 Å². The van der Waals surface area contributed by atoms with E-state index in [1.807, 2.05) is 58.2 Å². The van der Waals surface area contributed by atoms with Crippen molar-refractivity contribution >= 4 is 51.3 Å². The molecule has 326 valence electrons. The molecule has 3 N–H and O–H groups in total. The number of ether oxygens (including phenoxy) is 3. The number of aliphatic hydroxyl groups excluding tert-OH is 1. The summed E-state index contributed by atoms with van der Waals surface area (Å²) in [5.41, 5.74) is 8.60. The number of carbonyl (C=O) groups is 2. The van der Waals surface area contributed by atoms with Crippen molar-refractivity contribution in [3.05, 3.63) is 129 Å². The average molecular weight is 881 g/mol. The molecule has 8 rings (SSSR count). The molecule has 0 atom stereocenters. The predicted molar refractivity (Wildman–Crippen MR) is 247 cm³/mol. The van der Waals surface area contributed by atoms with Crippen molar-refractivity contribution in [2.45, 2.75) is 102 Å². The highest BCUT2D eigenvalue weighted by Crippen LogP contribution is 2.47. The Kier molecular flexibility index (Phi) is 13.4. The molecule has 4 aromatic carbocycles. The number of thiocarbonyl (C=S) groups is 1. The van der Waals surface area contributed by atoms with Gasteiger partial charge in [-0.15, -0.1) is 0 Å². The predicted octanol–water partition coefficient (Wildman–Crippen LogP) is 10.8. The molecule has 0 radical (unpaired) electrons. The van der Waals surface area contributed by atoms with Gasteiger partial charge in [0.05, 0.1) is 34.4 Å². The molecule has 2 heterocycles. The van der Waals surface area contributed by atoms with Crippen molar-refractivity contribution in [1.29, 1.82) is 0 Å². The fourth-order valence-corrected chi connectivity index (χ4v) is 10.0. The highest BCUT2D eigenvalue weighted by atomic mass is 32.2. The number of hydrogen-bond acceptors (Lipinski definition) is 8. The smallest absolute Gasteiger partial charge is 0.256 e. The summed E-state index contributed by atoms with van der Waals surface area (Å²) in [4.78, 5) is 26.5. The van der Waals surface area contributed by atoms with Crippen molar-refractivity contribution < 1.29 is 37.7 Å². The van der Waals surface area contributed by atoms with Crippen LogP contribution in [0.15, 0.2) is 84.3 Å². The summed E-state index contributed by atoms with van der Waals surface area (Å²) in [6, 6.07) is 20.7. The summed E-state index contributed by atoms with van der Waals surface area (Å²) in [6.45, 7) is 7.88. The summed E-state index contributed by atoms with van der Waals surface area (Å²) in [6.07, 6.45) is 8.22. The molecule has 2 amide bonds. The van der Waals surface area contributed by atoms with Gasteiger partial charge in [-0.3, -0.25) is 9.59 Å². The van der Waals surface area contributed by atoms with Crippen LogP contribution in [0.2, 0.25) is 0 Å². The van der Waals surface area contributed by atoms with Crippen LogP contribution in [0, 0.1) is 39.3 Å². The third kappa shape index (κ3) is 8.59. The van der Waals surface area contributed by atoms with Gasteiger partial charge in [0.2, 0.25) is 4.38 Å². The number of nitrogens with one attached hydrogen (secondary N) is 2. The molecular formula is C50H54F2N2O6S2. The Morgan fingerprint density at radius 3 is 1.50 bits per heavy atom. The summed E-state index contributed by atoms with van der Waals surface area (Å²) in [7, 11) is 3.43. The number of aliphatic hydroxyl groups is 1. The monoisotopic (exact) mass is 880 g/mol. The molecule has 2 aliphatic heterocycles. The summed E-state index contributed by atoms with van der Waals surface area (Å²) >= 11 is 6.77. The van der Waals surface area contributed by atoms with Crippen LogP contribution in [0.3, 0.4) is 0 Å². The van der Waals surface area contributed by atoms with Crippen LogP contribution in [0.25, 0.3) is 33.4 Å². The molecule has 8 nitrogen and oxygen atoms in total. The van der Waals surface area contributed by atoms with E-state index in [1.165, 1.54) is 36.0 Å². The van der Waals surface area contributed by atoms with Gasteiger partial charge in [-0.1, -0.05) is 60.3 Å². The first-order chi connectivity index (χ1) is 29.6. The lowest BCUT2D eigenvalue weighted by Gasteiger charge is -2.38. The minimum atomic E-state index is -0.702. The first-order valence-corrected chi connectivity index (χ1v) is 22.7. The Hall–Kier alpha value is -4.88. The number of aryl methyl sites for hydroxylation is 2. The van der Waals surface area contributed by atoms with E-state index in [2.05, 4.69) is 10.6 Å². The minimum absolute atomic E-state index is 0.138. The maximum absolute atomic E-state index is 13.5. The standard InChI is InChI=1S/C26H28FNO3S2.C24H26FNO3/c1-15-5-10-20(17-6-8-18(27)9-7-17)16(2)21(15)22-23(31-25(32)33-4)26(28-24(22)29)13-11-19(30-3)12-14-26;1-14-4-9-19(16-5-7-17(25)8-6-16)15(2)20(14)21-22(27)24(26-23(21)28)12-10-18(29-3)11-13-24/h5-10,19H,11-14H2,1-4H3,(H,28,29);4-9,18,27H,10-13H2,1-3H3,(H,26,28). The highest BCUT2D eigenvalue weighted by Gasteiger charge is 2.51. The molecule has 62 heavy (non-hydrogen) atoms. The topological polar surface area (TPSA) is 106 Å². The van der Waals surface area contributed by atoms with E-state index in [0.717, 1.165) is 94.2 Å². The van der Waals surface area contributed by atoms with E-state index >= 15 is 0 Å². The Bertz CT molecular complexity index is 2450. The molecule has 0 aromatic heterocycles. The van der Waals surface area contributed by atoms with Crippen LogP contribution in [0.1, 0.15) is 84.7 Å². The maximum atomic E-state index is 13.5. The van der Waals surface area contributed by atoms with E-state index in [0.29, 0.717) is 34.1 Å². The Morgan fingerprint density at radius 2 is 1.06 bits per heavy atom. The van der Waals surface area contributed by atoms with Crippen molar-refractivity contribution in [1.82, 2.24) is 10.6 Å². The molecule has 2 saturated carbocycles. The van der Waals surface area contributed by atoms with Gasteiger partial charge in [0.25, 0.3) is 11.8 Å². The van der Waals surface area contributed by atoms with Crippen molar-refractivity contribution in [2.24, 2.45) is 0 Å². The molecule has 4 aliphatic rings. The normalized spacial score (nSPS) is 23.4. The van der Waals surface area contributed by atoms with Crippen molar-refractivity contribution in [2.75, 3.05) is 20.5 Å². The SMILES string of the molecule is COC1CCC2(CC1)NC(=O)C(c1c(C)ccc(-c3ccc(F)cc3)c1C)=C2O.COC1CCC2(CC1)NC(=O)C(c1c(C)ccc(-c3ccc(F)cc3)c1C)=C2OC(=S)SC. The molecular weight excluding hydrogens is 827 g/mol. The molecule has 12 heteroatoms. The molecule has 2 fully saturated rings. The molecule has 2 spiro atoms. The van der Waals surface area contributed by atoms with Crippen LogP contribution in [0.4, 0.5) is 8.78 Å². The zero-order chi connectivity index (χ0) is 44.5. The van der Waals surface area contributed by atoms with Gasteiger partial charge in [-0.2, -0.15) is 0 Å². The second kappa shape index (κ2) is 18.5. The van der Waals surface area contributed by atoms with Gasteiger partial charge in [-0.25, -0.2) is 8.78 Å². The highest BCUT2D eigenvalue weighted by molar-refractivity contribution is 8.22. The number of rotatable bonds is 7. The quantitative estimate of drug-likeness (QED) is 0.158. The van der Waals surface area contributed by atoms with E-state index in [-0.39, 0.29) is 41.4 Å². The number of amides is 2. The molecule has 0 unspecified atom stereocenters. The number of hydrogen-bond donors (Lipinski definition) is 3. The van der Waals surface area contributed by atoms with Gasteiger partial charge < -0.3 is 30.0 Å². The lowest BCUT2D eigenvalue weighted by atomic mass is 9.78. The van der Waals surface area contributed by atoms with Gasteiger partial charge in [-0.05, 0) is 177 Å². The lowest BCUT2D eigenvalue weighted by Crippen LogP contribution is -2.49. The Balaban J connectivity index is 0.000000188. The first kappa shape index (κ1) is 45.2. The van der Waals surface area contributed by atoms with Gasteiger partial charge in [0.1, 0.15) is 23.2 Å². The summed E-state index contributed by atoms with van der Waals surface area (Å²) in [5.74, 6) is -0.198. The maximum Gasteiger partial charge on any atom is 0.256 e. The fourth-order valence-electron chi connectivity index (χ4n) is 9.80. The summed E-state index contributed by atoms with van der Waals surface area (Å²) < 4.78 is 44.5. The average Bonchev–Trinajstić information content (AvgIpc) is 3.65. The third-order valence-corrected chi connectivity index (χ3v) is 14.3. The van der Waals surface area contributed by atoms with Crippen LogP contribution >= 0.6 is 24.0 Å². The molecule has 0 bridgehead atoms. The second-order valence-corrected chi connectivity index (χ2v) is 18.2. The number of methoxy groups -OCH3 is 2. The molecule has 0 saturated heterocycles. The largest absolute Gasteiger partial charge is 0.509 e. The Labute approximate surface area is 372 Å². The van der Waals surface area contributed by atoms with E-state index < -0.39 is 11.1 Å². The fraction of sp³-hybridized carbons (Fsp3) is 0.380. The summed E-state index contributed by atoms with van der Waals surface area (Å²) in [5, 5.41) is 17.5. The lowest BCUT2D eigenvalue weighted by molar-refractivity contribution is -0.117. The van der Waals surface area contributed by atoms with E-state index in [1.54, 1.807) is 38.5 Å². The number of carbonyl (C=O) groups excluding carboxylic acids is 2. The first-order valence-electron chi connectivity index (χ1n) is 21.0. The second-order valence-electron chi connectivity index (χ2n) is 16.8. The number of benzene rings is 4. The Morgan fingerprint density at radius 1 is 0.661 bits per heavy atom. The minimum Gasteiger partial charge on any atom is -0.509 e. The van der Waals surface area contributed by atoms with Crippen LogP contribution in [0.5, 0.6) is 0 Å².